The topological polar surface area (TPSA) is 101 Å². The van der Waals surface area contributed by atoms with Crippen molar-refractivity contribution < 1.29 is 14.0 Å². The molecule has 1 aromatic rings. The number of nitrogens with two attached hydrogens (primary N) is 1. The van der Waals surface area contributed by atoms with Gasteiger partial charge in [0.05, 0.1) is 12.8 Å². The number of carbonyl (C=O) groups excluding carboxylic acids is 2. The number of hydrogen-bond donors (Lipinski definition) is 3. The summed E-state index contributed by atoms with van der Waals surface area (Å²) in [5, 5.41) is 2.80. The van der Waals surface area contributed by atoms with Crippen LogP contribution in [-0.2, 0) is 11.3 Å². The maximum atomic E-state index is 11.4. The van der Waals surface area contributed by atoms with Gasteiger partial charge in [-0.1, -0.05) is 0 Å². The molecule has 0 atom stereocenters. The second-order valence-electron chi connectivity index (χ2n) is 4.16. The standard InChI is InChI=1S/C11H16N4O3/c12-14-11(17)10-8(2-5-18-10)6-15-4-1-3-13-9(16)7-15/h2,5H,1,3-4,6-7,12H2,(H,13,16)(H,14,17). The van der Waals surface area contributed by atoms with Crippen LogP contribution in [0.5, 0.6) is 0 Å². The van der Waals surface area contributed by atoms with Crippen LogP contribution < -0.4 is 16.6 Å². The zero-order chi connectivity index (χ0) is 13.0. The first kappa shape index (κ1) is 12.6. The number of nitrogens with zero attached hydrogens (tertiary/aromatic N) is 1. The van der Waals surface area contributed by atoms with Gasteiger partial charge in [0.2, 0.25) is 5.91 Å². The average Bonchev–Trinajstić information content (AvgIpc) is 2.71. The molecule has 18 heavy (non-hydrogen) atoms. The summed E-state index contributed by atoms with van der Waals surface area (Å²) in [6.07, 6.45) is 2.33. The number of furan rings is 1. The quantitative estimate of drug-likeness (QED) is 0.371. The van der Waals surface area contributed by atoms with Gasteiger partial charge in [-0.3, -0.25) is 19.9 Å². The van der Waals surface area contributed by atoms with Gasteiger partial charge in [0.15, 0.2) is 5.76 Å². The van der Waals surface area contributed by atoms with E-state index in [2.05, 4.69) is 5.32 Å². The fourth-order valence-electron chi connectivity index (χ4n) is 1.97. The van der Waals surface area contributed by atoms with E-state index in [1.165, 1.54) is 6.26 Å². The number of amides is 2. The fourth-order valence-corrected chi connectivity index (χ4v) is 1.97. The highest BCUT2D eigenvalue weighted by Crippen LogP contribution is 2.14. The summed E-state index contributed by atoms with van der Waals surface area (Å²) in [5.74, 6) is 4.81. The van der Waals surface area contributed by atoms with Gasteiger partial charge < -0.3 is 9.73 Å². The first-order valence-corrected chi connectivity index (χ1v) is 5.77. The molecular formula is C11H16N4O3. The van der Waals surface area contributed by atoms with Crippen molar-refractivity contribution in [3.63, 3.8) is 0 Å². The predicted octanol–water partition coefficient (Wildman–Crippen LogP) is -0.795. The molecule has 4 N–H and O–H groups in total. The normalized spacial score (nSPS) is 17.1. The monoisotopic (exact) mass is 252 g/mol. The lowest BCUT2D eigenvalue weighted by atomic mass is 10.2. The molecule has 7 heteroatoms. The molecule has 0 bridgehead atoms. The number of hydrazine groups is 1. The van der Waals surface area contributed by atoms with Crippen LogP contribution in [0, 0.1) is 0 Å². The minimum absolute atomic E-state index is 0.000760. The van der Waals surface area contributed by atoms with Gasteiger partial charge in [-0.15, -0.1) is 0 Å². The predicted molar refractivity (Wildman–Crippen MR) is 63.3 cm³/mol. The van der Waals surface area contributed by atoms with Crippen LogP contribution in [0.2, 0.25) is 0 Å². The number of hydrogen-bond acceptors (Lipinski definition) is 5. The molecule has 1 saturated heterocycles. The van der Waals surface area contributed by atoms with Gasteiger partial charge in [0.25, 0.3) is 0 Å². The number of nitrogen functional groups attached to an aromatic ring is 1. The van der Waals surface area contributed by atoms with Crippen LogP contribution in [0.15, 0.2) is 16.7 Å². The van der Waals surface area contributed by atoms with Gasteiger partial charge >= 0.3 is 5.91 Å². The van der Waals surface area contributed by atoms with E-state index in [0.717, 1.165) is 18.5 Å². The second-order valence-corrected chi connectivity index (χ2v) is 4.16. The smallest absolute Gasteiger partial charge is 0.301 e. The lowest BCUT2D eigenvalue weighted by Crippen LogP contribution is -2.34. The molecule has 1 aliphatic heterocycles. The molecule has 2 rings (SSSR count). The van der Waals surface area contributed by atoms with E-state index >= 15 is 0 Å². The Morgan fingerprint density at radius 3 is 3.22 bits per heavy atom. The summed E-state index contributed by atoms with van der Waals surface area (Å²) in [7, 11) is 0. The van der Waals surface area contributed by atoms with Crippen molar-refractivity contribution in [1.82, 2.24) is 15.6 Å². The third-order valence-electron chi connectivity index (χ3n) is 2.82. The molecule has 2 amide bonds. The van der Waals surface area contributed by atoms with Gasteiger partial charge in [0.1, 0.15) is 0 Å². The first-order valence-electron chi connectivity index (χ1n) is 5.77. The summed E-state index contributed by atoms with van der Waals surface area (Å²) in [4.78, 5) is 24.8. The van der Waals surface area contributed by atoms with Crippen molar-refractivity contribution in [1.29, 1.82) is 0 Å². The van der Waals surface area contributed by atoms with Crippen molar-refractivity contribution in [3.8, 4) is 0 Å². The van der Waals surface area contributed by atoms with E-state index in [0.29, 0.717) is 19.6 Å². The Morgan fingerprint density at radius 2 is 2.44 bits per heavy atom. The lowest BCUT2D eigenvalue weighted by molar-refractivity contribution is -0.121. The maximum absolute atomic E-state index is 11.4. The van der Waals surface area contributed by atoms with Crippen molar-refractivity contribution in [2.24, 2.45) is 5.84 Å². The Hall–Kier alpha value is -1.86. The summed E-state index contributed by atoms with van der Waals surface area (Å²) in [6.45, 7) is 2.31. The highest BCUT2D eigenvalue weighted by atomic mass is 16.3. The Kier molecular flexibility index (Phi) is 3.96. The van der Waals surface area contributed by atoms with Gasteiger partial charge in [-0.05, 0) is 12.5 Å². The molecule has 0 aromatic carbocycles. The van der Waals surface area contributed by atoms with Crippen LogP contribution in [0.1, 0.15) is 22.5 Å². The number of carbonyl (C=O) groups is 2. The molecule has 0 unspecified atom stereocenters. The zero-order valence-corrected chi connectivity index (χ0v) is 9.94. The van der Waals surface area contributed by atoms with E-state index in [1.807, 2.05) is 10.3 Å². The highest BCUT2D eigenvalue weighted by molar-refractivity contribution is 5.92. The van der Waals surface area contributed by atoms with E-state index < -0.39 is 5.91 Å². The van der Waals surface area contributed by atoms with Crippen LogP contribution >= 0.6 is 0 Å². The molecule has 0 saturated carbocycles. The lowest BCUT2D eigenvalue weighted by Gasteiger charge is -2.17. The van der Waals surface area contributed by atoms with E-state index in [9.17, 15) is 9.59 Å². The Labute approximate surface area is 104 Å². The van der Waals surface area contributed by atoms with Crippen molar-refractivity contribution in [3.05, 3.63) is 23.7 Å². The third-order valence-corrected chi connectivity index (χ3v) is 2.82. The summed E-state index contributed by atoms with van der Waals surface area (Å²) in [5.41, 5.74) is 2.76. The molecule has 1 aliphatic rings. The van der Waals surface area contributed by atoms with Gasteiger partial charge in [-0.25, -0.2) is 5.84 Å². The van der Waals surface area contributed by atoms with Crippen molar-refractivity contribution >= 4 is 11.8 Å². The molecule has 7 nitrogen and oxygen atoms in total. The van der Waals surface area contributed by atoms with Crippen molar-refractivity contribution in [2.75, 3.05) is 19.6 Å². The minimum atomic E-state index is -0.464. The molecule has 1 aromatic heterocycles. The van der Waals surface area contributed by atoms with Crippen LogP contribution in [0.3, 0.4) is 0 Å². The Balaban J connectivity index is 2.06. The minimum Gasteiger partial charge on any atom is -0.459 e. The van der Waals surface area contributed by atoms with Gasteiger partial charge in [0, 0.05) is 25.2 Å². The summed E-state index contributed by atoms with van der Waals surface area (Å²) < 4.78 is 5.10. The number of rotatable bonds is 3. The molecule has 1 fully saturated rings. The number of nitrogens with one attached hydrogen (secondary N) is 2. The first-order chi connectivity index (χ1) is 8.70. The molecular weight excluding hydrogens is 236 g/mol. The molecule has 98 valence electrons. The van der Waals surface area contributed by atoms with Crippen LogP contribution in [0.25, 0.3) is 0 Å². The largest absolute Gasteiger partial charge is 0.459 e. The molecule has 0 radical (unpaired) electrons. The Morgan fingerprint density at radius 1 is 1.61 bits per heavy atom. The van der Waals surface area contributed by atoms with Crippen molar-refractivity contribution in [2.45, 2.75) is 13.0 Å². The van der Waals surface area contributed by atoms with E-state index in [-0.39, 0.29) is 11.7 Å². The second kappa shape index (κ2) is 5.65. The summed E-state index contributed by atoms with van der Waals surface area (Å²) >= 11 is 0. The van der Waals surface area contributed by atoms with Crippen LogP contribution in [0.4, 0.5) is 0 Å². The molecule has 0 spiro atoms. The molecule has 2 heterocycles. The maximum Gasteiger partial charge on any atom is 0.301 e. The average molecular weight is 252 g/mol. The summed E-state index contributed by atoms with van der Waals surface area (Å²) in [6, 6.07) is 1.72. The highest BCUT2D eigenvalue weighted by Gasteiger charge is 2.19. The van der Waals surface area contributed by atoms with E-state index in [4.69, 9.17) is 10.3 Å². The van der Waals surface area contributed by atoms with E-state index in [1.54, 1.807) is 6.07 Å². The molecule has 0 aliphatic carbocycles. The van der Waals surface area contributed by atoms with Gasteiger partial charge in [-0.2, -0.15) is 0 Å². The Bertz CT molecular complexity index is 443. The van der Waals surface area contributed by atoms with Crippen LogP contribution in [-0.4, -0.2) is 36.3 Å². The SMILES string of the molecule is NNC(=O)c1occc1CN1CCCNC(=O)C1. The third kappa shape index (κ3) is 2.88. The fraction of sp³-hybridized carbons (Fsp3) is 0.455. The zero-order valence-electron chi connectivity index (χ0n) is 9.94.